The van der Waals surface area contributed by atoms with E-state index in [1.54, 1.807) is 11.3 Å². The number of rotatable bonds is 12. The number of azo groups is 1. The molecule has 35 heavy (non-hydrogen) atoms. The standard InChI is InChI=1S/C26H31N5O2S2/c1-3-5-15-30(16-6-4-2)18-31-21-13-9-7-11-19(21)24(25(31)33)29-28-23(32)17-34-26-27-20-12-8-10-14-22(20)35-26/h7-14,33H,3-6,15-18H2,1-2H3. The fraction of sp³-hybridized carbons (Fsp3) is 0.385. The maximum Gasteiger partial charge on any atom is 0.274 e. The summed E-state index contributed by atoms with van der Waals surface area (Å²) in [6.45, 7) is 6.89. The van der Waals surface area contributed by atoms with Crippen molar-refractivity contribution in [2.45, 2.75) is 50.5 Å². The molecule has 0 saturated carbocycles. The topological polar surface area (TPSA) is 83.1 Å². The van der Waals surface area contributed by atoms with Gasteiger partial charge in [0.25, 0.3) is 5.91 Å². The molecule has 184 valence electrons. The molecule has 2 heterocycles. The zero-order valence-electron chi connectivity index (χ0n) is 20.2. The maximum atomic E-state index is 12.5. The van der Waals surface area contributed by atoms with Crippen LogP contribution in [0.4, 0.5) is 5.69 Å². The molecule has 0 aliphatic carbocycles. The number of thiazole rings is 1. The highest BCUT2D eigenvalue weighted by atomic mass is 32.2. The van der Waals surface area contributed by atoms with E-state index in [0.717, 1.165) is 64.2 Å². The first-order valence-corrected chi connectivity index (χ1v) is 13.9. The van der Waals surface area contributed by atoms with Crippen molar-refractivity contribution < 1.29 is 9.90 Å². The molecule has 4 rings (SSSR count). The van der Waals surface area contributed by atoms with E-state index in [1.807, 2.05) is 53.1 Å². The zero-order valence-corrected chi connectivity index (χ0v) is 21.8. The summed E-state index contributed by atoms with van der Waals surface area (Å²) < 4.78 is 3.79. The van der Waals surface area contributed by atoms with Crippen molar-refractivity contribution >= 4 is 55.8 Å². The molecule has 1 N–H and O–H groups in total. The number of fused-ring (bicyclic) bond motifs is 2. The van der Waals surface area contributed by atoms with Gasteiger partial charge in [0.2, 0.25) is 5.88 Å². The van der Waals surface area contributed by atoms with Gasteiger partial charge in [-0.3, -0.25) is 14.3 Å². The number of hydrogen-bond donors (Lipinski definition) is 1. The Morgan fingerprint density at radius 1 is 1.09 bits per heavy atom. The Morgan fingerprint density at radius 3 is 2.54 bits per heavy atom. The smallest absolute Gasteiger partial charge is 0.274 e. The molecule has 0 aliphatic rings. The minimum Gasteiger partial charge on any atom is -0.493 e. The average molecular weight is 510 g/mol. The Morgan fingerprint density at radius 2 is 1.80 bits per heavy atom. The first kappa shape index (κ1) is 25.3. The highest BCUT2D eigenvalue weighted by Gasteiger charge is 2.19. The monoisotopic (exact) mass is 509 g/mol. The van der Waals surface area contributed by atoms with Crippen molar-refractivity contribution in [3.63, 3.8) is 0 Å². The van der Waals surface area contributed by atoms with Crippen molar-refractivity contribution in [1.82, 2.24) is 14.5 Å². The first-order valence-electron chi connectivity index (χ1n) is 12.1. The number of nitrogens with zero attached hydrogens (tertiary/aromatic N) is 5. The average Bonchev–Trinajstić information content (AvgIpc) is 3.41. The number of aromatic hydroxyl groups is 1. The molecular weight excluding hydrogens is 478 g/mol. The molecule has 2 aromatic heterocycles. The number of aromatic nitrogens is 2. The van der Waals surface area contributed by atoms with Crippen LogP contribution in [0.15, 0.2) is 63.1 Å². The Bertz CT molecular complexity index is 1270. The highest BCUT2D eigenvalue weighted by molar-refractivity contribution is 8.01. The van der Waals surface area contributed by atoms with Gasteiger partial charge in [-0.1, -0.05) is 68.8 Å². The van der Waals surface area contributed by atoms with Crippen LogP contribution in [-0.2, 0) is 11.5 Å². The Hall–Kier alpha value is -2.75. The summed E-state index contributed by atoms with van der Waals surface area (Å²) in [6, 6.07) is 15.6. The molecular formula is C26H31N5O2S2. The molecule has 0 atom stereocenters. The van der Waals surface area contributed by atoms with Crippen molar-refractivity contribution in [3.8, 4) is 5.88 Å². The fourth-order valence-electron chi connectivity index (χ4n) is 3.90. The molecule has 0 fully saturated rings. The second-order valence-electron chi connectivity index (χ2n) is 8.41. The predicted molar refractivity (Wildman–Crippen MR) is 145 cm³/mol. The van der Waals surface area contributed by atoms with E-state index in [9.17, 15) is 9.90 Å². The quantitative estimate of drug-likeness (QED) is 0.161. The second kappa shape index (κ2) is 12.3. The van der Waals surface area contributed by atoms with E-state index in [-0.39, 0.29) is 17.5 Å². The van der Waals surface area contributed by atoms with Gasteiger partial charge in [-0.25, -0.2) is 4.98 Å². The third kappa shape index (κ3) is 6.28. The lowest BCUT2D eigenvalue weighted by molar-refractivity contribution is -0.115. The summed E-state index contributed by atoms with van der Waals surface area (Å²) in [6.07, 6.45) is 4.46. The number of carbonyl (C=O) groups excluding carboxylic acids is 1. The number of benzene rings is 2. The van der Waals surface area contributed by atoms with Crippen LogP contribution < -0.4 is 0 Å². The third-order valence-electron chi connectivity index (χ3n) is 5.77. The van der Waals surface area contributed by atoms with Gasteiger partial charge in [0.15, 0.2) is 10.0 Å². The number of amides is 1. The molecule has 0 bridgehead atoms. The lowest BCUT2D eigenvalue weighted by Crippen LogP contribution is -2.28. The second-order valence-corrected chi connectivity index (χ2v) is 10.7. The fourth-order valence-corrected chi connectivity index (χ4v) is 5.75. The van der Waals surface area contributed by atoms with E-state index in [0.29, 0.717) is 12.4 Å². The number of unbranched alkanes of at least 4 members (excludes halogenated alkanes) is 2. The molecule has 0 unspecified atom stereocenters. The van der Waals surface area contributed by atoms with Crippen LogP contribution in [0.5, 0.6) is 5.88 Å². The molecule has 0 spiro atoms. The van der Waals surface area contributed by atoms with Gasteiger partial charge in [0, 0.05) is 5.39 Å². The Labute approximate surface area is 213 Å². The van der Waals surface area contributed by atoms with Gasteiger partial charge in [-0.05, 0) is 44.1 Å². The van der Waals surface area contributed by atoms with E-state index < -0.39 is 0 Å². The van der Waals surface area contributed by atoms with E-state index >= 15 is 0 Å². The SMILES string of the molecule is CCCCN(CCCC)Cn1c(O)c(N=NC(=O)CSc2nc3ccccc3s2)c2ccccc21. The summed E-state index contributed by atoms with van der Waals surface area (Å²) in [4.78, 5) is 19.4. The molecule has 0 aliphatic heterocycles. The minimum atomic E-state index is -0.363. The van der Waals surface area contributed by atoms with Crippen molar-refractivity contribution in [3.05, 3.63) is 48.5 Å². The molecule has 0 saturated heterocycles. The summed E-state index contributed by atoms with van der Waals surface area (Å²) in [5.41, 5.74) is 2.15. The molecule has 2 aromatic carbocycles. The van der Waals surface area contributed by atoms with Gasteiger partial charge < -0.3 is 5.11 Å². The Kier molecular flexibility index (Phi) is 8.90. The number of hydrogen-bond acceptors (Lipinski definition) is 7. The van der Waals surface area contributed by atoms with Crippen LogP contribution in [0, 0.1) is 0 Å². The Balaban J connectivity index is 1.50. The summed E-state index contributed by atoms with van der Waals surface area (Å²) in [5.74, 6) is -0.178. The van der Waals surface area contributed by atoms with Crippen LogP contribution in [-0.4, -0.2) is 44.3 Å². The first-order chi connectivity index (χ1) is 17.1. The van der Waals surface area contributed by atoms with Crippen molar-refractivity contribution in [1.29, 1.82) is 0 Å². The predicted octanol–water partition coefficient (Wildman–Crippen LogP) is 7.22. The number of carbonyl (C=O) groups is 1. The van der Waals surface area contributed by atoms with E-state index in [1.165, 1.54) is 11.8 Å². The third-order valence-corrected chi connectivity index (χ3v) is 7.93. The molecule has 7 nitrogen and oxygen atoms in total. The van der Waals surface area contributed by atoms with Crippen LogP contribution in [0.25, 0.3) is 21.1 Å². The molecule has 9 heteroatoms. The van der Waals surface area contributed by atoms with Crippen LogP contribution in [0.1, 0.15) is 39.5 Å². The van der Waals surface area contributed by atoms with Gasteiger partial charge in [-0.15, -0.1) is 21.6 Å². The van der Waals surface area contributed by atoms with Gasteiger partial charge in [-0.2, -0.15) is 0 Å². The summed E-state index contributed by atoms with van der Waals surface area (Å²) in [7, 11) is 0. The highest BCUT2D eigenvalue weighted by Crippen LogP contribution is 2.39. The zero-order chi connectivity index (χ0) is 24.6. The normalized spacial score (nSPS) is 12.0. The lowest BCUT2D eigenvalue weighted by atomic mass is 10.2. The van der Waals surface area contributed by atoms with Crippen LogP contribution in [0.3, 0.4) is 0 Å². The van der Waals surface area contributed by atoms with Crippen LogP contribution >= 0.6 is 23.1 Å². The summed E-state index contributed by atoms with van der Waals surface area (Å²) in [5, 5.41) is 20.0. The molecule has 1 amide bonds. The largest absolute Gasteiger partial charge is 0.493 e. The van der Waals surface area contributed by atoms with Gasteiger partial charge in [0.05, 0.1) is 28.2 Å². The number of thioether (sulfide) groups is 1. The molecule has 0 radical (unpaired) electrons. The van der Waals surface area contributed by atoms with Crippen molar-refractivity contribution in [2.24, 2.45) is 10.2 Å². The van der Waals surface area contributed by atoms with E-state index in [4.69, 9.17) is 0 Å². The molecule has 4 aromatic rings. The summed E-state index contributed by atoms with van der Waals surface area (Å²) >= 11 is 2.91. The lowest BCUT2D eigenvalue weighted by Gasteiger charge is -2.23. The number of para-hydroxylation sites is 2. The van der Waals surface area contributed by atoms with Gasteiger partial charge in [0.1, 0.15) is 0 Å². The van der Waals surface area contributed by atoms with Crippen molar-refractivity contribution in [2.75, 3.05) is 18.8 Å². The minimum absolute atomic E-state index is 0.0413. The van der Waals surface area contributed by atoms with Crippen LogP contribution in [0.2, 0.25) is 0 Å². The van der Waals surface area contributed by atoms with E-state index in [2.05, 4.69) is 34.0 Å². The maximum absolute atomic E-state index is 12.5. The van der Waals surface area contributed by atoms with Gasteiger partial charge >= 0.3 is 0 Å².